The molecule has 3 nitrogen and oxygen atoms in total. The summed E-state index contributed by atoms with van der Waals surface area (Å²) in [6.45, 7) is 6.75. The van der Waals surface area contributed by atoms with E-state index in [1.165, 1.54) is 30.8 Å². The molecule has 0 aromatic carbocycles. The molecule has 1 aliphatic rings. The van der Waals surface area contributed by atoms with Crippen molar-refractivity contribution >= 4 is 0 Å². The third-order valence-electron chi connectivity index (χ3n) is 1.44. The van der Waals surface area contributed by atoms with Gasteiger partial charge in [-0.25, -0.2) is 0 Å². The Morgan fingerprint density at radius 2 is 1.28 bits per heavy atom. The normalized spacial score (nSPS) is 11.1. The molecule has 0 amide bonds. The van der Waals surface area contributed by atoms with Crippen molar-refractivity contribution in [3.05, 3.63) is 21.6 Å². The second-order valence-electron chi connectivity index (χ2n) is 3.50. The van der Waals surface area contributed by atoms with Gasteiger partial charge in [0.1, 0.15) is 0 Å². The quantitative estimate of drug-likeness (QED) is 0.611. The molecule has 0 heterocycles. The standard InChI is InChI=1S/C5H5.3C3H8O.Hf/c1-2-4-5-3-1;3*1-2-3-4;/h1-3H,4H2;3*4H,2-3H2,1H3;. The van der Waals surface area contributed by atoms with Crippen LogP contribution in [0, 0.1) is 0 Å². The maximum atomic E-state index is 7.88. The topological polar surface area (TPSA) is 60.7 Å². The number of hydrogen-bond donors (Lipinski definition) is 3. The van der Waals surface area contributed by atoms with Gasteiger partial charge in [-0.2, -0.15) is 0 Å². The zero-order valence-electron chi connectivity index (χ0n) is 12.0. The van der Waals surface area contributed by atoms with Crippen LogP contribution in [-0.4, -0.2) is 35.1 Å². The molecule has 0 bridgehead atoms. The first-order valence-corrected chi connectivity index (χ1v) is 8.33. The molecule has 0 saturated heterocycles. The third kappa shape index (κ3) is 36.0. The first kappa shape index (κ1) is 23.3. The molecule has 0 atom stereocenters. The Bertz CT molecular complexity index is 164. The molecule has 1 aliphatic carbocycles. The van der Waals surface area contributed by atoms with Gasteiger partial charge in [-0.05, 0) is 19.3 Å². The Kier molecular flexibility index (Phi) is 33.6. The van der Waals surface area contributed by atoms with Crippen molar-refractivity contribution in [2.24, 2.45) is 0 Å². The predicted molar refractivity (Wildman–Crippen MR) is 74.0 cm³/mol. The van der Waals surface area contributed by atoms with Gasteiger partial charge in [0.2, 0.25) is 0 Å². The van der Waals surface area contributed by atoms with E-state index in [-0.39, 0.29) is 0 Å². The van der Waals surface area contributed by atoms with Crippen LogP contribution < -0.4 is 0 Å². The van der Waals surface area contributed by atoms with Crippen LogP contribution in [0.1, 0.15) is 46.5 Å². The van der Waals surface area contributed by atoms with Crippen molar-refractivity contribution in [3.63, 3.8) is 0 Å². The average molecular weight is 424 g/mol. The molecule has 0 aliphatic heterocycles. The van der Waals surface area contributed by atoms with E-state index in [4.69, 9.17) is 15.3 Å². The first-order valence-electron chi connectivity index (χ1n) is 6.54. The molecule has 0 saturated carbocycles. The van der Waals surface area contributed by atoms with Crippen LogP contribution in [0.15, 0.2) is 21.6 Å². The Hall–Kier alpha value is 0.230. The van der Waals surface area contributed by atoms with E-state index in [0.717, 1.165) is 19.3 Å². The van der Waals surface area contributed by atoms with Crippen molar-refractivity contribution in [1.29, 1.82) is 0 Å². The van der Waals surface area contributed by atoms with E-state index in [2.05, 4.69) is 18.2 Å². The number of aliphatic hydroxyl groups is 3. The molecule has 0 fully saturated rings. The molecule has 0 radical (unpaired) electrons. The summed E-state index contributed by atoms with van der Waals surface area (Å²) in [6, 6.07) is 0. The van der Waals surface area contributed by atoms with Crippen molar-refractivity contribution in [1.82, 2.24) is 0 Å². The number of aliphatic hydroxyl groups excluding tert-OH is 3. The summed E-state index contributed by atoms with van der Waals surface area (Å²) in [6.07, 6.45) is 10.4. The fourth-order valence-electron chi connectivity index (χ4n) is 0.447. The van der Waals surface area contributed by atoms with Gasteiger partial charge in [0, 0.05) is 19.8 Å². The van der Waals surface area contributed by atoms with Crippen molar-refractivity contribution in [3.8, 4) is 0 Å². The van der Waals surface area contributed by atoms with E-state index in [1.54, 1.807) is 3.33 Å². The van der Waals surface area contributed by atoms with Gasteiger partial charge in [-0.1, -0.05) is 20.8 Å². The number of allylic oxidation sites excluding steroid dienone is 4. The van der Waals surface area contributed by atoms with Gasteiger partial charge in [-0.3, -0.25) is 0 Å². The molecule has 0 unspecified atom stereocenters. The second kappa shape index (κ2) is 25.9. The Labute approximate surface area is 127 Å². The fourth-order valence-corrected chi connectivity index (χ4v) is 1.22. The summed E-state index contributed by atoms with van der Waals surface area (Å²) in [5.41, 5.74) is 0. The predicted octanol–water partition coefficient (Wildman–Crippen LogP) is 2.54. The summed E-state index contributed by atoms with van der Waals surface area (Å²) in [7, 11) is 0. The van der Waals surface area contributed by atoms with Gasteiger partial charge >= 0.3 is 52.4 Å². The molecule has 18 heavy (non-hydrogen) atoms. The van der Waals surface area contributed by atoms with Crippen LogP contribution in [0.2, 0.25) is 0 Å². The van der Waals surface area contributed by atoms with Crippen LogP contribution in [-0.2, 0) is 24.4 Å². The fraction of sp³-hybridized carbons (Fsp3) is 0.714. The Balaban J connectivity index is -0.000000171. The molecular weight excluding hydrogens is 395 g/mol. The molecule has 107 valence electrons. The van der Waals surface area contributed by atoms with Crippen LogP contribution >= 0.6 is 0 Å². The van der Waals surface area contributed by atoms with Gasteiger partial charge in [0.25, 0.3) is 0 Å². The van der Waals surface area contributed by atoms with Gasteiger partial charge in [0.15, 0.2) is 0 Å². The zero-order chi connectivity index (χ0) is 14.6. The summed E-state index contributed by atoms with van der Waals surface area (Å²) in [5, 5.41) is 23.6. The van der Waals surface area contributed by atoms with E-state index in [9.17, 15) is 0 Å². The van der Waals surface area contributed by atoms with Gasteiger partial charge in [0.05, 0.1) is 0 Å². The Morgan fingerprint density at radius 3 is 1.33 bits per heavy atom. The van der Waals surface area contributed by atoms with Crippen molar-refractivity contribution < 1.29 is 39.7 Å². The van der Waals surface area contributed by atoms with Crippen LogP contribution in [0.5, 0.6) is 0 Å². The summed E-state index contributed by atoms with van der Waals surface area (Å²) in [4.78, 5) is 0. The van der Waals surface area contributed by atoms with E-state index < -0.39 is 0 Å². The summed E-state index contributed by atoms with van der Waals surface area (Å²) < 4.78 is 1.61. The number of rotatable bonds is 3. The molecule has 4 heteroatoms. The number of hydrogen-bond acceptors (Lipinski definition) is 3. The van der Waals surface area contributed by atoms with Crippen molar-refractivity contribution in [2.75, 3.05) is 19.8 Å². The SMILES string of the molecule is CCCO.CCCO.CCCO.[Hf][C]1=CC=CC1. The average Bonchev–Trinajstić information content (AvgIpc) is 2.90. The second-order valence-corrected chi connectivity index (χ2v) is 5.80. The van der Waals surface area contributed by atoms with Crippen LogP contribution in [0.4, 0.5) is 0 Å². The van der Waals surface area contributed by atoms with Gasteiger partial charge in [-0.15, -0.1) is 0 Å². The first-order chi connectivity index (χ1) is 8.64. The maximum absolute atomic E-state index is 7.88. The van der Waals surface area contributed by atoms with Crippen LogP contribution in [0.3, 0.4) is 0 Å². The minimum atomic E-state index is 0.319. The Morgan fingerprint density at radius 1 is 0.944 bits per heavy atom. The molecule has 0 aromatic rings. The minimum absolute atomic E-state index is 0.319. The van der Waals surface area contributed by atoms with E-state index >= 15 is 0 Å². The van der Waals surface area contributed by atoms with E-state index in [0.29, 0.717) is 19.8 Å². The van der Waals surface area contributed by atoms with Crippen molar-refractivity contribution in [2.45, 2.75) is 46.5 Å². The van der Waals surface area contributed by atoms with Crippen LogP contribution in [0.25, 0.3) is 0 Å². The monoisotopic (exact) mass is 425 g/mol. The molecule has 1 rings (SSSR count). The molecule has 0 spiro atoms. The molecule has 0 aromatic heterocycles. The molecule has 3 N–H and O–H groups in total. The van der Waals surface area contributed by atoms with Gasteiger partial charge < -0.3 is 15.3 Å². The zero-order valence-corrected chi connectivity index (χ0v) is 15.6. The molecular formula is C14H29HfO3. The van der Waals surface area contributed by atoms with E-state index in [1.807, 2.05) is 20.8 Å². The summed E-state index contributed by atoms with van der Waals surface area (Å²) >= 11 is 1.25. The summed E-state index contributed by atoms with van der Waals surface area (Å²) in [5.74, 6) is 0. The third-order valence-corrected chi connectivity index (χ3v) is 2.77.